The van der Waals surface area contributed by atoms with Gasteiger partial charge in [-0.2, -0.15) is 11.8 Å². The summed E-state index contributed by atoms with van der Waals surface area (Å²) in [6, 6.07) is 0.271. The third kappa shape index (κ3) is 5.65. The SMILES string of the molecule is CCOC(=O)C(C)(CC(C)SC1CCCC1)NC(C)C. The van der Waals surface area contributed by atoms with Crippen LogP contribution in [0.1, 0.15) is 66.7 Å². The minimum Gasteiger partial charge on any atom is -0.465 e. The number of ether oxygens (including phenoxy) is 1. The van der Waals surface area contributed by atoms with Crippen molar-refractivity contribution in [3.63, 3.8) is 0 Å². The molecule has 118 valence electrons. The highest BCUT2D eigenvalue weighted by molar-refractivity contribution is 8.00. The highest BCUT2D eigenvalue weighted by atomic mass is 32.2. The highest BCUT2D eigenvalue weighted by Gasteiger charge is 2.37. The average molecular weight is 301 g/mol. The van der Waals surface area contributed by atoms with Gasteiger partial charge in [0.1, 0.15) is 5.54 Å². The molecule has 4 heteroatoms. The van der Waals surface area contributed by atoms with Gasteiger partial charge in [0.25, 0.3) is 0 Å². The summed E-state index contributed by atoms with van der Waals surface area (Å²) >= 11 is 2.05. The number of hydrogen-bond acceptors (Lipinski definition) is 4. The van der Waals surface area contributed by atoms with Gasteiger partial charge in [0.05, 0.1) is 6.61 Å². The topological polar surface area (TPSA) is 38.3 Å². The first-order chi connectivity index (χ1) is 9.37. The van der Waals surface area contributed by atoms with Gasteiger partial charge < -0.3 is 4.74 Å². The van der Waals surface area contributed by atoms with Crippen molar-refractivity contribution in [2.45, 2.75) is 88.8 Å². The van der Waals surface area contributed by atoms with E-state index in [0.717, 1.165) is 11.7 Å². The van der Waals surface area contributed by atoms with Gasteiger partial charge in [-0.05, 0) is 47.0 Å². The van der Waals surface area contributed by atoms with E-state index < -0.39 is 5.54 Å². The standard InChI is InChI=1S/C16H31NO2S/c1-6-19-15(18)16(5,17-12(2)3)11-13(4)20-14-9-7-8-10-14/h12-14,17H,6-11H2,1-5H3. The van der Waals surface area contributed by atoms with E-state index in [9.17, 15) is 4.79 Å². The van der Waals surface area contributed by atoms with Crippen LogP contribution in [0, 0.1) is 0 Å². The summed E-state index contributed by atoms with van der Waals surface area (Å²) in [4.78, 5) is 12.3. The Morgan fingerprint density at radius 1 is 1.35 bits per heavy atom. The zero-order valence-corrected chi connectivity index (χ0v) is 14.5. The normalized spacial score (nSPS) is 20.9. The predicted octanol–water partition coefficient (Wildman–Crippen LogP) is 3.76. The second-order valence-corrected chi connectivity index (χ2v) is 8.15. The minimum absolute atomic E-state index is 0.118. The number of rotatable bonds is 8. The third-order valence-corrected chi connectivity index (χ3v) is 5.24. The Bertz CT molecular complexity index is 303. The lowest BCUT2D eigenvalue weighted by Gasteiger charge is -2.33. The molecule has 0 amide bonds. The Hall–Kier alpha value is -0.220. The second kappa shape index (κ2) is 8.28. The van der Waals surface area contributed by atoms with E-state index >= 15 is 0 Å². The number of carbonyl (C=O) groups is 1. The second-order valence-electron chi connectivity index (χ2n) is 6.41. The van der Waals surface area contributed by atoms with Gasteiger partial charge in [-0.15, -0.1) is 0 Å². The molecule has 0 radical (unpaired) electrons. The average Bonchev–Trinajstić information content (AvgIpc) is 2.80. The van der Waals surface area contributed by atoms with E-state index in [-0.39, 0.29) is 12.0 Å². The Morgan fingerprint density at radius 2 is 1.95 bits per heavy atom. The molecule has 1 N–H and O–H groups in total. The van der Waals surface area contributed by atoms with Crippen molar-refractivity contribution >= 4 is 17.7 Å². The van der Waals surface area contributed by atoms with Crippen LogP contribution >= 0.6 is 11.8 Å². The molecule has 1 aliphatic rings. The molecule has 0 aliphatic heterocycles. The largest absolute Gasteiger partial charge is 0.465 e. The first kappa shape index (κ1) is 17.8. The van der Waals surface area contributed by atoms with Crippen LogP contribution in [0.5, 0.6) is 0 Å². The first-order valence-corrected chi connectivity index (χ1v) is 8.92. The van der Waals surface area contributed by atoms with E-state index in [4.69, 9.17) is 4.74 Å². The fraction of sp³-hybridized carbons (Fsp3) is 0.938. The molecule has 0 saturated heterocycles. The van der Waals surface area contributed by atoms with Crippen LogP contribution in [0.4, 0.5) is 0 Å². The van der Waals surface area contributed by atoms with Crippen LogP contribution in [-0.2, 0) is 9.53 Å². The van der Waals surface area contributed by atoms with Crippen LogP contribution in [0.2, 0.25) is 0 Å². The van der Waals surface area contributed by atoms with Gasteiger partial charge in [-0.25, -0.2) is 0 Å². The lowest BCUT2D eigenvalue weighted by Crippen LogP contribution is -2.54. The van der Waals surface area contributed by atoms with Gasteiger partial charge in [0.2, 0.25) is 0 Å². The lowest BCUT2D eigenvalue weighted by molar-refractivity contribution is -0.151. The predicted molar refractivity (Wildman–Crippen MR) is 87.2 cm³/mol. The van der Waals surface area contributed by atoms with Crippen molar-refractivity contribution < 1.29 is 9.53 Å². The number of thioether (sulfide) groups is 1. The molecule has 1 aliphatic carbocycles. The number of hydrogen-bond donors (Lipinski definition) is 1. The molecular formula is C16H31NO2S. The molecule has 0 aromatic carbocycles. The molecule has 2 unspecified atom stereocenters. The summed E-state index contributed by atoms with van der Waals surface area (Å²) in [6.07, 6.45) is 6.23. The number of carbonyl (C=O) groups excluding carboxylic acids is 1. The number of esters is 1. The van der Waals surface area contributed by atoms with Crippen LogP contribution in [-0.4, -0.2) is 34.7 Å². The van der Waals surface area contributed by atoms with Crippen LogP contribution in [0.25, 0.3) is 0 Å². The zero-order valence-electron chi connectivity index (χ0n) is 13.7. The smallest absolute Gasteiger partial charge is 0.326 e. The van der Waals surface area contributed by atoms with Crippen LogP contribution in [0.3, 0.4) is 0 Å². The maximum Gasteiger partial charge on any atom is 0.326 e. The molecule has 1 saturated carbocycles. The molecule has 0 heterocycles. The summed E-state index contributed by atoms with van der Waals surface area (Å²) < 4.78 is 5.27. The highest BCUT2D eigenvalue weighted by Crippen LogP contribution is 2.35. The fourth-order valence-corrected chi connectivity index (χ4v) is 4.80. The van der Waals surface area contributed by atoms with Crippen molar-refractivity contribution in [3.8, 4) is 0 Å². The minimum atomic E-state index is -0.574. The van der Waals surface area contributed by atoms with E-state index in [1.54, 1.807) is 0 Å². The number of nitrogens with one attached hydrogen (secondary N) is 1. The summed E-state index contributed by atoms with van der Waals surface area (Å²) in [6.45, 7) is 10.7. The fourth-order valence-electron chi connectivity index (χ4n) is 3.10. The summed E-state index contributed by atoms with van der Waals surface area (Å²) in [5.74, 6) is -0.118. The van der Waals surface area contributed by atoms with E-state index in [1.807, 2.05) is 25.6 Å². The molecule has 1 rings (SSSR count). The monoisotopic (exact) mass is 301 g/mol. The van der Waals surface area contributed by atoms with Crippen molar-refractivity contribution in [2.24, 2.45) is 0 Å². The maximum atomic E-state index is 12.3. The van der Waals surface area contributed by atoms with Gasteiger partial charge >= 0.3 is 5.97 Å². The van der Waals surface area contributed by atoms with Gasteiger partial charge in [0.15, 0.2) is 0 Å². The molecule has 0 spiro atoms. The van der Waals surface area contributed by atoms with Crippen LogP contribution in [0.15, 0.2) is 0 Å². The quantitative estimate of drug-likeness (QED) is 0.693. The molecule has 20 heavy (non-hydrogen) atoms. The van der Waals surface area contributed by atoms with E-state index in [1.165, 1.54) is 25.7 Å². The summed E-state index contributed by atoms with van der Waals surface area (Å²) in [7, 11) is 0. The first-order valence-electron chi connectivity index (χ1n) is 7.97. The zero-order chi connectivity index (χ0) is 15.2. The summed E-state index contributed by atoms with van der Waals surface area (Å²) in [5.41, 5.74) is -0.574. The van der Waals surface area contributed by atoms with Crippen molar-refractivity contribution in [3.05, 3.63) is 0 Å². The van der Waals surface area contributed by atoms with Crippen molar-refractivity contribution in [1.29, 1.82) is 0 Å². The third-order valence-electron chi connectivity index (χ3n) is 3.76. The molecule has 0 aromatic heterocycles. The Kier molecular flexibility index (Phi) is 7.38. The lowest BCUT2D eigenvalue weighted by atomic mass is 9.95. The molecule has 0 bridgehead atoms. The molecular weight excluding hydrogens is 270 g/mol. The Labute approximate surface area is 128 Å². The van der Waals surface area contributed by atoms with Crippen molar-refractivity contribution in [2.75, 3.05) is 6.61 Å². The summed E-state index contributed by atoms with van der Waals surface area (Å²) in [5, 5.41) is 4.67. The van der Waals surface area contributed by atoms with E-state index in [2.05, 4.69) is 26.1 Å². The Morgan fingerprint density at radius 3 is 2.45 bits per heavy atom. The van der Waals surface area contributed by atoms with Gasteiger partial charge in [0, 0.05) is 16.5 Å². The molecule has 2 atom stereocenters. The van der Waals surface area contributed by atoms with Gasteiger partial charge in [-0.3, -0.25) is 10.1 Å². The molecule has 1 fully saturated rings. The van der Waals surface area contributed by atoms with E-state index in [0.29, 0.717) is 11.9 Å². The van der Waals surface area contributed by atoms with Crippen LogP contribution < -0.4 is 5.32 Å². The molecule has 3 nitrogen and oxygen atoms in total. The van der Waals surface area contributed by atoms with Gasteiger partial charge in [-0.1, -0.05) is 19.8 Å². The maximum absolute atomic E-state index is 12.3. The Balaban J connectivity index is 2.59. The van der Waals surface area contributed by atoms with Crippen molar-refractivity contribution in [1.82, 2.24) is 5.32 Å². The molecule has 0 aromatic rings.